The number of anilines is 1. The molecule has 0 aliphatic carbocycles. The van der Waals surface area contributed by atoms with Crippen LogP contribution in [0.15, 0.2) is 42.7 Å². The van der Waals surface area contributed by atoms with E-state index >= 15 is 0 Å². The summed E-state index contributed by atoms with van der Waals surface area (Å²) in [6.45, 7) is 4.83. The number of hydrogen-bond acceptors (Lipinski definition) is 6. The highest BCUT2D eigenvalue weighted by molar-refractivity contribution is 5.92. The van der Waals surface area contributed by atoms with Gasteiger partial charge in [0.15, 0.2) is 11.5 Å². The van der Waals surface area contributed by atoms with Crippen molar-refractivity contribution in [1.82, 2.24) is 15.3 Å². The van der Waals surface area contributed by atoms with Crippen molar-refractivity contribution >= 4 is 16.7 Å². The largest absolute Gasteiger partial charge is 0.493 e. The Bertz CT molecular complexity index is 959. The fraction of sp³-hybridized carbons (Fsp3) is 0.364. The van der Waals surface area contributed by atoms with Crippen molar-refractivity contribution in [2.75, 3.05) is 38.8 Å². The fourth-order valence-electron chi connectivity index (χ4n) is 3.77. The summed E-state index contributed by atoms with van der Waals surface area (Å²) in [5, 5.41) is 4.61. The van der Waals surface area contributed by atoms with Gasteiger partial charge in [-0.3, -0.25) is 0 Å². The van der Waals surface area contributed by atoms with E-state index in [1.54, 1.807) is 20.5 Å². The molecule has 6 nitrogen and oxygen atoms in total. The Morgan fingerprint density at radius 1 is 1.07 bits per heavy atom. The molecule has 1 aromatic heterocycles. The molecule has 3 aromatic rings. The number of nitrogens with zero attached hydrogens (tertiary/aromatic N) is 3. The standard InChI is InChI=1S/C22H26N4O2/c1-4-15-5-7-16(8-6-15)19-13-26(10-9-23-19)22-17-11-20(27-2)21(28-3)12-18(17)24-14-25-22/h5-8,11-12,14,19,23H,4,9-10,13H2,1-3H3. The van der Waals surface area contributed by atoms with Gasteiger partial charge in [-0.05, 0) is 23.6 Å². The SMILES string of the molecule is CCc1ccc(C2CN(c3ncnc4cc(OC)c(OC)cc34)CCN2)cc1. The predicted molar refractivity (Wildman–Crippen MR) is 111 cm³/mol. The minimum Gasteiger partial charge on any atom is -0.493 e. The Hall–Kier alpha value is -2.86. The van der Waals surface area contributed by atoms with E-state index in [1.165, 1.54) is 11.1 Å². The lowest BCUT2D eigenvalue weighted by Crippen LogP contribution is -2.46. The zero-order valence-electron chi connectivity index (χ0n) is 16.6. The molecule has 146 valence electrons. The highest BCUT2D eigenvalue weighted by atomic mass is 16.5. The molecule has 1 fully saturated rings. The van der Waals surface area contributed by atoms with Gasteiger partial charge < -0.3 is 19.7 Å². The number of benzene rings is 2. The maximum absolute atomic E-state index is 5.49. The van der Waals surface area contributed by atoms with Crippen LogP contribution in [-0.2, 0) is 6.42 Å². The van der Waals surface area contributed by atoms with Crippen LogP contribution < -0.4 is 19.7 Å². The zero-order chi connectivity index (χ0) is 19.5. The number of hydrogen-bond donors (Lipinski definition) is 1. The molecule has 4 rings (SSSR count). The molecule has 1 atom stereocenters. The van der Waals surface area contributed by atoms with Gasteiger partial charge in [0, 0.05) is 37.1 Å². The van der Waals surface area contributed by atoms with Gasteiger partial charge in [-0.25, -0.2) is 9.97 Å². The van der Waals surface area contributed by atoms with Crippen molar-refractivity contribution < 1.29 is 9.47 Å². The predicted octanol–water partition coefficient (Wildman–Crippen LogP) is 3.36. The highest BCUT2D eigenvalue weighted by Crippen LogP contribution is 2.35. The van der Waals surface area contributed by atoms with Gasteiger partial charge in [0.25, 0.3) is 0 Å². The molecular formula is C22H26N4O2. The van der Waals surface area contributed by atoms with Crippen LogP contribution in [0.2, 0.25) is 0 Å². The quantitative estimate of drug-likeness (QED) is 0.735. The summed E-state index contributed by atoms with van der Waals surface area (Å²) in [4.78, 5) is 11.4. The number of methoxy groups -OCH3 is 2. The van der Waals surface area contributed by atoms with E-state index in [0.29, 0.717) is 11.5 Å². The first-order valence-corrected chi connectivity index (χ1v) is 9.67. The van der Waals surface area contributed by atoms with Crippen molar-refractivity contribution in [1.29, 1.82) is 0 Å². The number of ether oxygens (including phenoxy) is 2. The maximum Gasteiger partial charge on any atom is 0.162 e. The number of nitrogens with one attached hydrogen (secondary N) is 1. The summed E-state index contributed by atoms with van der Waals surface area (Å²) in [6.07, 6.45) is 2.68. The third-order valence-corrected chi connectivity index (χ3v) is 5.38. The molecular weight excluding hydrogens is 352 g/mol. The number of rotatable bonds is 5. The first-order chi connectivity index (χ1) is 13.7. The third kappa shape index (κ3) is 3.47. The molecule has 6 heteroatoms. The van der Waals surface area contributed by atoms with E-state index in [0.717, 1.165) is 42.8 Å². The molecule has 0 radical (unpaired) electrons. The number of piperazine rings is 1. The van der Waals surface area contributed by atoms with Crippen LogP contribution in [-0.4, -0.2) is 43.8 Å². The molecule has 0 saturated carbocycles. The van der Waals surface area contributed by atoms with Crippen LogP contribution in [0.25, 0.3) is 10.9 Å². The molecule has 0 bridgehead atoms. The Balaban J connectivity index is 1.66. The molecule has 1 N–H and O–H groups in total. The maximum atomic E-state index is 5.49. The summed E-state index contributed by atoms with van der Waals surface area (Å²) in [6, 6.07) is 13.0. The van der Waals surface area contributed by atoms with Gasteiger partial charge in [-0.1, -0.05) is 31.2 Å². The molecule has 0 amide bonds. The summed E-state index contributed by atoms with van der Waals surface area (Å²) in [5.74, 6) is 2.30. The second-order valence-corrected chi connectivity index (χ2v) is 6.97. The molecule has 2 heterocycles. The van der Waals surface area contributed by atoms with Crippen molar-refractivity contribution in [2.24, 2.45) is 0 Å². The van der Waals surface area contributed by atoms with Crippen molar-refractivity contribution in [2.45, 2.75) is 19.4 Å². The Morgan fingerprint density at radius 2 is 1.82 bits per heavy atom. The van der Waals surface area contributed by atoms with E-state index in [-0.39, 0.29) is 6.04 Å². The van der Waals surface area contributed by atoms with Crippen LogP contribution >= 0.6 is 0 Å². The van der Waals surface area contributed by atoms with Gasteiger partial charge in [-0.15, -0.1) is 0 Å². The van der Waals surface area contributed by atoms with Crippen LogP contribution in [0.4, 0.5) is 5.82 Å². The van der Waals surface area contributed by atoms with Crippen LogP contribution in [0.5, 0.6) is 11.5 Å². The average Bonchev–Trinajstić information content (AvgIpc) is 2.77. The monoisotopic (exact) mass is 378 g/mol. The first kappa shape index (κ1) is 18.5. The molecule has 0 spiro atoms. The van der Waals surface area contributed by atoms with Gasteiger partial charge in [0.05, 0.1) is 19.7 Å². The van der Waals surface area contributed by atoms with Crippen LogP contribution in [0.1, 0.15) is 24.1 Å². The lowest BCUT2D eigenvalue weighted by Gasteiger charge is -2.35. The van der Waals surface area contributed by atoms with E-state index in [9.17, 15) is 0 Å². The Morgan fingerprint density at radius 3 is 2.54 bits per heavy atom. The van der Waals surface area contributed by atoms with Crippen LogP contribution in [0.3, 0.4) is 0 Å². The van der Waals surface area contributed by atoms with Gasteiger partial charge >= 0.3 is 0 Å². The molecule has 1 unspecified atom stereocenters. The number of fused-ring (bicyclic) bond motifs is 1. The fourth-order valence-corrected chi connectivity index (χ4v) is 3.77. The van der Waals surface area contributed by atoms with Crippen molar-refractivity contribution in [3.8, 4) is 11.5 Å². The van der Waals surface area contributed by atoms with Crippen molar-refractivity contribution in [3.05, 3.63) is 53.9 Å². The summed E-state index contributed by atoms with van der Waals surface area (Å²) >= 11 is 0. The average molecular weight is 378 g/mol. The lowest BCUT2D eigenvalue weighted by molar-refractivity contribution is 0.355. The topological polar surface area (TPSA) is 59.5 Å². The lowest BCUT2D eigenvalue weighted by atomic mass is 10.0. The summed E-state index contributed by atoms with van der Waals surface area (Å²) < 4.78 is 10.9. The van der Waals surface area contributed by atoms with E-state index in [1.807, 2.05) is 12.1 Å². The van der Waals surface area contributed by atoms with E-state index < -0.39 is 0 Å². The van der Waals surface area contributed by atoms with E-state index in [4.69, 9.17) is 9.47 Å². The second kappa shape index (κ2) is 8.02. The number of aryl methyl sites for hydroxylation is 1. The summed E-state index contributed by atoms with van der Waals surface area (Å²) in [7, 11) is 3.28. The number of aromatic nitrogens is 2. The van der Waals surface area contributed by atoms with Gasteiger partial charge in [-0.2, -0.15) is 0 Å². The Kier molecular flexibility index (Phi) is 5.30. The van der Waals surface area contributed by atoms with Gasteiger partial charge in [0.1, 0.15) is 12.1 Å². The van der Waals surface area contributed by atoms with Gasteiger partial charge in [0.2, 0.25) is 0 Å². The molecule has 1 aliphatic heterocycles. The van der Waals surface area contributed by atoms with E-state index in [2.05, 4.69) is 51.4 Å². The Labute approximate surface area is 165 Å². The first-order valence-electron chi connectivity index (χ1n) is 9.67. The summed E-state index contributed by atoms with van der Waals surface area (Å²) in [5.41, 5.74) is 3.52. The normalized spacial score (nSPS) is 17.0. The minimum absolute atomic E-state index is 0.268. The smallest absolute Gasteiger partial charge is 0.162 e. The molecule has 1 saturated heterocycles. The molecule has 28 heavy (non-hydrogen) atoms. The zero-order valence-corrected chi connectivity index (χ0v) is 16.6. The second-order valence-electron chi connectivity index (χ2n) is 6.97. The van der Waals surface area contributed by atoms with Crippen LogP contribution in [0, 0.1) is 0 Å². The third-order valence-electron chi connectivity index (χ3n) is 5.38. The highest BCUT2D eigenvalue weighted by Gasteiger charge is 2.24. The minimum atomic E-state index is 0.268. The molecule has 1 aliphatic rings. The molecule has 2 aromatic carbocycles. The van der Waals surface area contributed by atoms with Crippen molar-refractivity contribution in [3.63, 3.8) is 0 Å².